The third-order valence-electron chi connectivity index (χ3n) is 4.71. The Morgan fingerprint density at radius 3 is 1.94 bits per heavy atom. The Morgan fingerprint density at radius 1 is 0.844 bits per heavy atom. The summed E-state index contributed by atoms with van der Waals surface area (Å²) in [6.07, 6.45) is -1.63. The molecule has 3 rings (SSSR count). The van der Waals surface area contributed by atoms with Crippen LogP contribution < -0.4 is 20.5 Å². The first-order chi connectivity index (χ1) is 15.4. The molecular weight excluding hydrogens is 412 g/mol. The predicted molar refractivity (Wildman–Crippen MR) is 117 cm³/mol. The average Bonchev–Trinajstić information content (AvgIpc) is 2.82. The number of methoxy groups -OCH3 is 1. The number of primary amides is 1. The van der Waals surface area contributed by atoms with E-state index in [1.165, 1.54) is 19.2 Å². The minimum Gasteiger partial charge on any atom is -0.497 e. The smallest absolute Gasteiger partial charge is 0.330 e. The maximum absolute atomic E-state index is 12.7. The Balaban J connectivity index is 1.76. The van der Waals surface area contributed by atoms with Crippen LogP contribution in [0.5, 0.6) is 11.5 Å². The number of carboxylic acids is 1. The van der Waals surface area contributed by atoms with Crippen molar-refractivity contribution in [3.8, 4) is 22.6 Å². The summed E-state index contributed by atoms with van der Waals surface area (Å²) in [7, 11) is 1.49. The van der Waals surface area contributed by atoms with Crippen LogP contribution in [0.15, 0.2) is 78.9 Å². The van der Waals surface area contributed by atoms with E-state index >= 15 is 0 Å². The van der Waals surface area contributed by atoms with E-state index in [-0.39, 0.29) is 11.3 Å². The van der Waals surface area contributed by atoms with E-state index < -0.39 is 29.9 Å². The van der Waals surface area contributed by atoms with Crippen LogP contribution >= 0.6 is 0 Å². The first-order valence-electron chi connectivity index (χ1n) is 9.68. The van der Waals surface area contributed by atoms with Crippen molar-refractivity contribution in [2.24, 2.45) is 5.73 Å². The van der Waals surface area contributed by atoms with Crippen molar-refractivity contribution in [1.29, 1.82) is 0 Å². The second kappa shape index (κ2) is 10.1. The molecule has 0 radical (unpaired) electrons. The fraction of sp³-hybridized carbons (Fsp3) is 0.125. The number of nitrogens with one attached hydrogen (secondary N) is 1. The van der Waals surface area contributed by atoms with Gasteiger partial charge < -0.3 is 25.6 Å². The molecule has 3 aromatic carbocycles. The van der Waals surface area contributed by atoms with Crippen LogP contribution in [0.25, 0.3) is 11.1 Å². The number of amides is 2. The van der Waals surface area contributed by atoms with Gasteiger partial charge in [-0.25, -0.2) is 4.79 Å². The van der Waals surface area contributed by atoms with Gasteiger partial charge in [-0.2, -0.15) is 0 Å². The molecule has 0 unspecified atom stereocenters. The van der Waals surface area contributed by atoms with Gasteiger partial charge in [0.2, 0.25) is 6.10 Å². The van der Waals surface area contributed by atoms with Gasteiger partial charge in [-0.15, -0.1) is 0 Å². The van der Waals surface area contributed by atoms with E-state index in [4.69, 9.17) is 15.2 Å². The van der Waals surface area contributed by atoms with Gasteiger partial charge in [0.25, 0.3) is 11.8 Å². The number of nitrogens with two attached hydrogens (primary N) is 1. The summed E-state index contributed by atoms with van der Waals surface area (Å²) < 4.78 is 10.5. The normalized spacial score (nSPS) is 12.3. The van der Waals surface area contributed by atoms with Gasteiger partial charge in [-0.05, 0) is 47.5 Å². The van der Waals surface area contributed by atoms with E-state index in [2.05, 4.69) is 5.32 Å². The largest absolute Gasteiger partial charge is 0.497 e. The van der Waals surface area contributed by atoms with Gasteiger partial charge in [0.15, 0.2) is 6.04 Å². The highest BCUT2D eigenvalue weighted by Gasteiger charge is 2.36. The molecule has 32 heavy (non-hydrogen) atoms. The van der Waals surface area contributed by atoms with Crippen molar-refractivity contribution in [1.82, 2.24) is 5.32 Å². The van der Waals surface area contributed by atoms with Crippen LogP contribution in [-0.2, 0) is 9.59 Å². The van der Waals surface area contributed by atoms with Crippen LogP contribution in [0.2, 0.25) is 0 Å². The molecule has 2 amide bonds. The Kier molecular flexibility index (Phi) is 7.07. The van der Waals surface area contributed by atoms with Gasteiger partial charge in [-0.3, -0.25) is 9.59 Å². The SMILES string of the molecule is COc1ccc(O[C@@H](C(N)=O)[C@@H](NC(=O)c2ccc(-c3ccccc3)cc2)C(=O)O)cc1. The molecule has 0 aliphatic heterocycles. The van der Waals surface area contributed by atoms with Crippen LogP contribution in [0.1, 0.15) is 10.4 Å². The number of rotatable bonds is 9. The molecule has 0 aromatic heterocycles. The molecule has 2 atom stereocenters. The van der Waals surface area contributed by atoms with E-state index in [0.29, 0.717) is 5.75 Å². The van der Waals surface area contributed by atoms with E-state index in [1.807, 2.05) is 30.3 Å². The number of ether oxygens (including phenoxy) is 2. The third kappa shape index (κ3) is 5.42. The van der Waals surface area contributed by atoms with Gasteiger partial charge in [-0.1, -0.05) is 42.5 Å². The molecule has 8 nitrogen and oxygen atoms in total. The number of carbonyl (C=O) groups is 3. The summed E-state index contributed by atoms with van der Waals surface area (Å²) in [5.41, 5.74) is 7.47. The Labute approximate surface area is 184 Å². The maximum atomic E-state index is 12.7. The van der Waals surface area contributed by atoms with Crippen molar-refractivity contribution < 1.29 is 29.0 Å². The molecule has 0 saturated heterocycles. The molecule has 0 fully saturated rings. The van der Waals surface area contributed by atoms with Crippen molar-refractivity contribution >= 4 is 17.8 Å². The number of hydrogen-bond donors (Lipinski definition) is 3. The summed E-state index contributed by atoms with van der Waals surface area (Å²) in [6, 6.07) is 20.7. The Hall–Kier alpha value is -4.33. The molecule has 0 aliphatic carbocycles. The maximum Gasteiger partial charge on any atom is 0.330 e. The van der Waals surface area contributed by atoms with E-state index in [1.54, 1.807) is 36.4 Å². The Morgan fingerprint density at radius 2 is 1.41 bits per heavy atom. The summed E-state index contributed by atoms with van der Waals surface area (Å²) in [5, 5.41) is 11.9. The molecule has 0 saturated carbocycles. The molecule has 0 aliphatic rings. The van der Waals surface area contributed by atoms with Crippen LogP contribution in [-0.4, -0.2) is 42.1 Å². The van der Waals surface area contributed by atoms with Crippen LogP contribution in [0, 0.1) is 0 Å². The zero-order valence-corrected chi connectivity index (χ0v) is 17.2. The highest BCUT2D eigenvalue weighted by Crippen LogP contribution is 2.21. The molecule has 4 N–H and O–H groups in total. The lowest BCUT2D eigenvalue weighted by atomic mass is 10.0. The lowest BCUT2D eigenvalue weighted by Crippen LogP contribution is -2.56. The quantitative estimate of drug-likeness (QED) is 0.475. The summed E-state index contributed by atoms with van der Waals surface area (Å²) in [6.45, 7) is 0. The van der Waals surface area contributed by atoms with Crippen molar-refractivity contribution in [3.05, 3.63) is 84.4 Å². The van der Waals surface area contributed by atoms with E-state index in [9.17, 15) is 19.5 Å². The predicted octanol–water partition coefficient (Wildman–Crippen LogP) is 2.48. The molecule has 164 valence electrons. The lowest BCUT2D eigenvalue weighted by molar-refractivity contribution is -0.145. The summed E-state index contributed by atoms with van der Waals surface area (Å²) >= 11 is 0. The Bertz CT molecular complexity index is 1080. The standard InChI is InChI=1S/C24H22N2O6/c1-31-18-11-13-19(14-12-18)32-21(22(25)27)20(24(29)30)26-23(28)17-9-7-16(8-10-17)15-5-3-2-4-6-15/h2-14,20-21H,1H3,(H2,25,27)(H,26,28)(H,29,30)/t20-,21-/m1/s1. The number of carboxylic acid groups (broad SMARTS) is 1. The zero-order chi connectivity index (χ0) is 23.1. The average molecular weight is 434 g/mol. The number of benzene rings is 3. The molecule has 0 spiro atoms. The fourth-order valence-corrected chi connectivity index (χ4v) is 3.03. The molecule has 8 heteroatoms. The highest BCUT2D eigenvalue weighted by molar-refractivity contribution is 5.98. The summed E-state index contributed by atoms with van der Waals surface area (Å²) in [4.78, 5) is 36.4. The first-order valence-corrected chi connectivity index (χ1v) is 9.68. The zero-order valence-electron chi connectivity index (χ0n) is 17.2. The second-order valence-corrected chi connectivity index (χ2v) is 6.85. The molecular formula is C24H22N2O6. The van der Waals surface area contributed by atoms with Crippen LogP contribution in [0.4, 0.5) is 0 Å². The molecule has 3 aromatic rings. The van der Waals surface area contributed by atoms with Crippen molar-refractivity contribution in [2.45, 2.75) is 12.1 Å². The fourth-order valence-electron chi connectivity index (χ4n) is 3.03. The number of aliphatic carboxylic acids is 1. The van der Waals surface area contributed by atoms with Gasteiger partial charge in [0.05, 0.1) is 7.11 Å². The third-order valence-corrected chi connectivity index (χ3v) is 4.71. The van der Waals surface area contributed by atoms with E-state index in [0.717, 1.165) is 11.1 Å². The molecule has 0 bridgehead atoms. The first kappa shape index (κ1) is 22.4. The van der Waals surface area contributed by atoms with Gasteiger partial charge in [0, 0.05) is 5.56 Å². The monoisotopic (exact) mass is 434 g/mol. The topological polar surface area (TPSA) is 128 Å². The second-order valence-electron chi connectivity index (χ2n) is 6.85. The van der Waals surface area contributed by atoms with Gasteiger partial charge >= 0.3 is 5.97 Å². The van der Waals surface area contributed by atoms with Gasteiger partial charge in [0.1, 0.15) is 11.5 Å². The minimum atomic E-state index is -1.70. The highest BCUT2D eigenvalue weighted by atomic mass is 16.5. The number of carbonyl (C=O) groups excluding carboxylic acids is 2. The van der Waals surface area contributed by atoms with Crippen molar-refractivity contribution in [2.75, 3.05) is 7.11 Å². The number of hydrogen-bond acceptors (Lipinski definition) is 5. The minimum absolute atomic E-state index is 0.197. The summed E-state index contributed by atoms with van der Waals surface area (Å²) in [5.74, 6) is -2.43. The van der Waals surface area contributed by atoms with Crippen molar-refractivity contribution in [3.63, 3.8) is 0 Å². The molecule has 0 heterocycles. The lowest BCUT2D eigenvalue weighted by Gasteiger charge is -2.23. The van der Waals surface area contributed by atoms with Crippen LogP contribution in [0.3, 0.4) is 0 Å².